The van der Waals surface area contributed by atoms with Crippen LogP contribution in [0.25, 0.3) is 0 Å². The number of benzene rings is 2. The number of amides is 2. The minimum atomic E-state index is -0.188. The molecular formula is C19H24N2O2. The lowest BCUT2D eigenvalue weighted by Gasteiger charge is -2.15. The van der Waals surface area contributed by atoms with Crippen molar-refractivity contribution in [3.63, 3.8) is 0 Å². The maximum Gasteiger partial charge on any atom is 0.315 e. The standard InChI is InChI=1S/C19H24N2O2/c1-3-16-8-7-11-18(14-16)23-13-12-20-19(22)21-15(2)17-9-5-4-6-10-17/h4-11,14-15H,3,12-13H2,1-2H3,(H2,20,21,22). The molecule has 0 saturated carbocycles. The molecule has 1 unspecified atom stereocenters. The molecule has 0 fully saturated rings. The van der Waals surface area contributed by atoms with Crippen LogP contribution in [0, 0.1) is 0 Å². The first-order chi connectivity index (χ1) is 11.2. The van der Waals surface area contributed by atoms with E-state index in [-0.39, 0.29) is 12.1 Å². The van der Waals surface area contributed by atoms with Crippen LogP contribution in [0.4, 0.5) is 4.79 Å². The van der Waals surface area contributed by atoms with Crippen molar-refractivity contribution in [3.05, 3.63) is 65.7 Å². The number of aryl methyl sites for hydroxylation is 1. The van der Waals surface area contributed by atoms with Gasteiger partial charge in [0.15, 0.2) is 0 Å². The van der Waals surface area contributed by atoms with Crippen molar-refractivity contribution >= 4 is 6.03 Å². The number of carbonyl (C=O) groups is 1. The zero-order valence-electron chi connectivity index (χ0n) is 13.7. The first-order valence-electron chi connectivity index (χ1n) is 8.00. The Kier molecular flexibility index (Phi) is 6.48. The van der Waals surface area contributed by atoms with Crippen LogP contribution < -0.4 is 15.4 Å². The first kappa shape index (κ1) is 16.9. The highest BCUT2D eigenvalue weighted by Crippen LogP contribution is 2.13. The zero-order chi connectivity index (χ0) is 16.5. The van der Waals surface area contributed by atoms with E-state index >= 15 is 0 Å². The van der Waals surface area contributed by atoms with Crippen LogP contribution >= 0.6 is 0 Å². The van der Waals surface area contributed by atoms with E-state index in [1.165, 1.54) is 5.56 Å². The third kappa shape index (κ3) is 5.66. The summed E-state index contributed by atoms with van der Waals surface area (Å²) in [5.41, 5.74) is 2.32. The first-order valence-corrected chi connectivity index (χ1v) is 8.00. The van der Waals surface area contributed by atoms with E-state index in [0.29, 0.717) is 13.2 Å². The molecule has 0 bridgehead atoms. The Morgan fingerprint density at radius 1 is 1.13 bits per heavy atom. The van der Waals surface area contributed by atoms with E-state index in [1.54, 1.807) is 0 Å². The highest BCUT2D eigenvalue weighted by atomic mass is 16.5. The van der Waals surface area contributed by atoms with Gasteiger partial charge in [0.25, 0.3) is 0 Å². The lowest BCUT2D eigenvalue weighted by molar-refractivity contribution is 0.233. The lowest BCUT2D eigenvalue weighted by Crippen LogP contribution is -2.38. The Morgan fingerprint density at radius 2 is 1.91 bits per heavy atom. The summed E-state index contributed by atoms with van der Waals surface area (Å²) >= 11 is 0. The maximum atomic E-state index is 11.9. The fourth-order valence-electron chi connectivity index (χ4n) is 2.26. The Balaban J connectivity index is 1.68. The summed E-state index contributed by atoms with van der Waals surface area (Å²) in [7, 11) is 0. The summed E-state index contributed by atoms with van der Waals surface area (Å²) in [6.45, 7) is 4.98. The Morgan fingerprint density at radius 3 is 2.65 bits per heavy atom. The molecule has 0 heterocycles. The fourth-order valence-corrected chi connectivity index (χ4v) is 2.26. The number of rotatable bonds is 7. The molecule has 0 radical (unpaired) electrons. The quantitative estimate of drug-likeness (QED) is 0.766. The topological polar surface area (TPSA) is 50.4 Å². The number of hydrogen-bond acceptors (Lipinski definition) is 2. The van der Waals surface area contributed by atoms with Crippen LogP contribution in [0.1, 0.15) is 31.0 Å². The van der Waals surface area contributed by atoms with Gasteiger partial charge in [-0.2, -0.15) is 0 Å². The van der Waals surface area contributed by atoms with Gasteiger partial charge in [-0.25, -0.2) is 4.79 Å². The third-order valence-corrected chi connectivity index (χ3v) is 3.61. The number of hydrogen-bond donors (Lipinski definition) is 2. The van der Waals surface area contributed by atoms with Crippen LogP contribution in [0.3, 0.4) is 0 Å². The summed E-state index contributed by atoms with van der Waals surface area (Å²) < 4.78 is 5.65. The molecule has 0 saturated heterocycles. The number of ether oxygens (including phenoxy) is 1. The molecule has 0 aromatic heterocycles. The highest BCUT2D eigenvalue weighted by Gasteiger charge is 2.08. The van der Waals surface area contributed by atoms with E-state index in [1.807, 2.05) is 55.5 Å². The molecular weight excluding hydrogens is 288 g/mol. The van der Waals surface area contributed by atoms with Crippen molar-refractivity contribution in [2.75, 3.05) is 13.2 Å². The molecule has 2 amide bonds. The van der Waals surface area contributed by atoms with Crippen molar-refractivity contribution in [2.45, 2.75) is 26.3 Å². The van der Waals surface area contributed by atoms with Gasteiger partial charge in [0.1, 0.15) is 12.4 Å². The molecule has 0 spiro atoms. The molecule has 0 aliphatic carbocycles. The molecule has 1 atom stereocenters. The van der Waals surface area contributed by atoms with Gasteiger partial charge in [-0.1, -0.05) is 49.4 Å². The van der Waals surface area contributed by atoms with Crippen molar-refractivity contribution in [1.82, 2.24) is 10.6 Å². The molecule has 0 aliphatic heterocycles. The molecule has 122 valence electrons. The molecule has 2 aromatic rings. The van der Waals surface area contributed by atoms with Crippen molar-refractivity contribution in [2.24, 2.45) is 0 Å². The third-order valence-electron chi connectivity index (χ3n) is 3.61. The van der Waals surface area contributed by atoms with Gasteiger partial charge < -0.3 is 15.4 Å². The van der Waals surface area contributed by atoms with E-state index in [4.69, 9.17) is 4.74 Å². The van der Waals surface area contributed by atoms with Crippen molar-refractivity contribution < 1.29 is 9.53 Å². The minimum Gasteiger partial charge on any atom is -0.492 e. The van der Waals surface area contributed by atoms with Crippen LogP contribution in [0.2, 0.25) is 0 Å². The summed E-state index contributed by atoms with van der Waals surface area (Å²) in [5.74, 6) is 0.837. The molecule has 23 heavy (non-hydrogen) atoms. The Bertz CT molecular complexity index is 614. The van der Waals surface area contributed by atoms with Crippen LogP contribution in [-0.2, 0) is 6.42 Å². The van der Waals surface area contributed by atoms with Gasteiger partial charge in [0, 0.05) is 0 Å². The normalized spacial score (nSPS) is 11.6. The van der Waals surface area contributed by atoms with Crippen molar-refractivity contribution in [3.8, 4) is 5.75 Å². The summed E-state index contributed by atoms with van der Waals surface area (Å²) in [6.07, 6.45) is 0.981. The zero-order valence-corrected chi connectivity index (χ0v) is 13.7. The van der Waals surface area contributed by atoms with Gasteiger partial charge in [0.05, 0.1) is 12.6 Å². The molecule has 4 heteroatoms. The van der Waals surface area contributed by atoms with Gasteiger partial charge in [0.2, 0.25) is 0 Å². The second-order valence-corrected chi connectivity index (χ2v) is 5.38. The predicted octanol–water partition coefficient (Wildman–Crippen LogP) is 3.69. The fraction of sp³-hybridized carbons (Fsp3) is 0.316. The van der Waals surface area contributed by atoms with Gasteiger partial charge in [-0.3, -0.25) is 0 Å². The summed E-state index contributed by atoms with van der Waals surface area (Å²) in [4.78, 5) is 11.9. The average Bonchev–Trinajstić information content (AvgIpc) is 2.59. The van der Waals surface area contributed by atoms with E-state index < -0.39 is 0 Å². The molecule has 2 N–H and O–H groups in total. The van der Waals surface area contributed by atoms with Crippen LogP contribution in [-0.4, -0.2) is 19.2 Å². The molecule has 2 aromatic carbocycles. The van der Waals surface area contributed by atoms with Gasteiger partial charge >= 0.3 is 6.03 Å². The van der Waals surface area contributed by atoms with Crippen molar-refractivity contribution in [1.29, 1.82) is 0 Å². The highest BCUT2D eigenvalue weighted by molar-refractivity contribution is 5.74. The van der Waals surface area contributed by atoms with Gasteiger partial charge in [-0.05, 0) is 36.6 Å². The van der Waals surface area contributed by atoms with E-state index in [9.17, 15) is 4.79 Å². The smallest absolute Gasteiger partial charge is 0.315 e. The predicted molar refractivity (Wildman–Crippen MR) is 92.7 cm³/mol. The Hall–Kier alpha value is -2.49. The second-order valence-electron chi connectivity index (χ2n) is 5.38. The number of nitrogens with one attached hydrogen (secondary N) is 2. The average molecular weight is 312 g/mol. The van der Waals surface area contributed by atoms with E-state index in [0.717, 1.165) is 17.7 Å². The lowest BCUT2D eigenvalue weighted by atomic mass is 10.1. The second kappa shape index (κ2) is 8.83. The SMILES string of the molecule is CCc1cccc(OCCNC(=O)NC(C)c2ccccc2)c1. The van der Waals surface area contributed by atoms with Crippen LogP contribution in [0.15, 0.2) is 54.6 Å². The summed E-state index contributed by atoms with van der Waals surface area (Å²) in [5, 5.41) is 5.71. The van der Waals surface area contributed by atoms with Crippen LogP contribution in [0.5, 0.6) is 5.75 Å². The molecule has 0 aliphatic rings. The number of urea groups is 1. The Labute approximate surface area is 137 Å². The largest absolute Gasteiger partial charge is 0.492 e. The minimum absolute atomic E-state index is 0.0293. The monoisotopic (exact) mass is 312 g/mol. The van der Waals surface area contributed by atoms with E-state index in [2.05, 4.69) is 23.6 Å². The maximum absolute atomic E-state index is 11.9. The summed E-state index contributed by atoms with van der Waals surface area (Å²) in [6, 6.07) is 17.7. The van der Waals surface area contributed by atoms with Gasteiger partial charge in [-0.15, -0.1) is 0 Å². The number of carbonyl (C=O) groups excluding carboxylic acids is 1. The molecule has 4 nitrogen and oxygen atoms in total. The molecule has 2 rings (SSSR count).